The molecule has 0 saturated carbocycles. The highest BCUT2D eigenvalue weighted by Gasteiger charge is 2.45. The molecule has 1 aromatic heterocycles. The number of nitrogen functional groups attached to an aromatic ring is 1. The third-order valence-corrected chi connectivity index (χ3v) is 3.79. The number of aromatic nitrogens is 1. The van der Waals surface area contributed by atoms with Crippen molar-refractivity contribution in [2.75, 3.05) is 5.73 Å². The first kappa shape index (κ1) is 12.4. The largest absolute Gasteiger partial charge is 0.453 e. The highest BCUT2D eigenvalue weighted by atomic mass is 32.1. The molecule has 0 aromatic carbocycles. The van der Waals surface area contributed by atoms with Gasteiger partial charge in [0.1, 0.15) is 0 Å². The van der Waals surface area contributed by atoms with Crippen molar-refractivity contribution in [1.29, 1.82) is 0 Å². The summed E-state index contributed by atoms with van der Waals surface area (Å²) in [4.78, 5) is 16.1. The molecule has 2 N–H and O–H groups in total. The number of cyclic esters (lactones) is 1. The van der Waals surface area contributed by atoms with Crippen LogP contribution in [0, 0.1) is 11.8 Å². The van der Waals surface area contributed by atoms with Crippen LogP contribution < -0.4 is 5.73 Å². The molecular weight excluding hydrogens is 236 g/mol. The van der Waals surface area contributed by atoms with Gasteiger partial charge in [-0.1, -0.05) is 13.8 Å². The second-order valence-electron chi connectivity index (χ2n) is 5.25. The maximum absolute atomic E-state index is 11.8. The summed E-state index contributed by atoms with van der Waals surface area (Å²) in [6.45, 7) is 6.15. The smallest absolute Gasteiger partial charge is 0.310 e. The second-order valence-corrected chi connectivity index (χ2v) is 6.14. The molecule has 1 fully saturated rings. The lowest BCUT2D eigenvalue weighted by molar-refractivity contribution is -0.150. The lowest BCUT2D eigenvalue weighted by atomic mass is 9.88. The van der Waals surface area contributed by atoms with Gasteiger partial charge < -0.3 is 10.5 Å². The molecule has 0 radical (unpaired) electrons. The first-order valence-electron chi connectivity index (χ1n) is 5.85. The lowest BCUT2D eigenvalue weighted by Gasteiger charge is -2.19. The molecule has 4 nitrogen and oxygen atoms in total. The molecule has 1 aromatic rings. The average molecular weight is 254 g/mol. The molecule has 0 amide bonds. The van der Waals surface area contributed by atoms with Gasteiger partial charge in [-0.2, -0.15) is 0 Å². The van der Waals surface area contributed by atoms with Gasteiger partial charge in [0, 0.05) is 11.8 Å². The summed E-state index contributed by atoms with van der Waals surface area (Å²) in [7, 11) is 0. The Morgan fingerprint density at radius 1 is 1.71 bits per heavy atom. The first-order chi connectivity index (χ1) is 7.90. The Hall–Kier alpha value is -1.10. The highest BCUT2D eigenvalue weighted by Crippen LogP contribution is 2.42. The molecule has 2 heterocycles. The van der Waals surface area contributed by atoms with Gasteiger partial charge in [-0.15, -0.1) is 11.3 Å². The van der Waals surface area contributed by atoms with Gasteiger partial charge in [0.15, 0.2) is 10.7 Å². The van der Waals surface area contributed by atoms with Crippen LogP contribution in [-0.4, -0.2) is 11.0 Å². The van der Waals surface area contributed by atoms with Crippen LogP contribution in [0.25, 0.3) is 0 Å². The molecule has 17 heavy (non-hydrogen) atoms. The normalized spacial score (nSPS) is 28.7. The van der Waals surface area contributed by atoms with E-state index in [4.69, 9.17) is 10.5 Å². The number of rotatable bonds is 3. The standard InChI is InChI=1S/C12H18N2O2S/c1-7(2)4-8-5-12(3,16-10(8)15)9-6-17-11(13)14-9/h6-8H,4-5H2,1-3H3,(H2,13,14)/t8-,12+/m1/s1. The Morgan fingerprint density at radius 3 is 2.94 bits per heavy atom. The maximum Gasteiger partial charge on any atom is 0.310 e. The number of carbonyl (C=O) groups is 1. The van der Waals surface area contributed by atoms with Gasteiger partial charge in [0.25, 0.3) is 0 Å². The van der Waals surface area contributed by atoms with Crippen molar-refractivity contribution in [3.8, 4) is 0 Å². The fourth-order valence-electron chi connectivity index (χ4n) is 2.34. The summed E-state index contributed by atoms with van der Waals surface area (Å²) in [5.41, 5.74) is 5.81. The van der Waals surface area contributed by atoms with Crippen LogP contribution in [-0.2, 0) is 15.1 Å². The average Bonchev–Trinajstić information content (AvgIpc) is 2.73. The summed E-state index contributed by atoms with van der Waals surface area (Å²) < 4.78 is 5.51. The van der Waals surface area contributed by atoms with E-state index in [-0.39, 0.29) is 11.9 Å². The number of thiazole rings is 1. The fraction of sp³-hybridized carbons (Fsp3) is 0.667. The van der Waals surface area contributed by atoms with Crippen molar-refractivity contribution in [3.05, 3.63) is 11.1 Å². The van der Waals surface area contributed by atoms with E-state index in [1.165, 1.54) is 11.3 Å². The SMILES string of the molecule is CC(C)C[C@@H]1C[C@@](C)(c2csc(N)n2)OC1=O. The van der Waals surface area contributed by atoms with Crippen molar-refractivity contribution in [2.24, 2.45) is 11.8 Å². The molecule has 1 aliphatic rings. The molecule has 0 aliphatic carbocycles. The van der Waals surface area contributed by atoms with Crippen LogP contribution in [0.2, 0.25) is 0 Å². The predicted molar refractivity (Wildman–Crippen MR) is 67.5 cm³/mol. The van der Waals surface area contributed by atoms with E-state index in [1.807, 2.05) is 12.3 Å². The van der Waals surface area contributed by atoms with Crippen LogP contribution >= 0.6 is 11.3 Å². The fourth-order valence-corrected chi connectivity index (χ4v) is 3.02. The monoisotopic (exact) mass is 254 g/mol. The topological polar surface area (TPSA) is 65.2 Å². The number of nitrogens with zero attached hydrogens (tertiary/aromatic N) is 1. The number of hydrogen-bond donors (Lipinski definition) is 1. The minimum Gasteiger partial charge on any atom is -0.453 e. The van der Waals surface area contributed by atoms with Crippen molar-refractivity contribution in [3.63, 3.8) is 0 Å². The number of carbonyl (C=O) groups excluding carboxylic acids is 1. The van der Waals surface area contributed by atoms with Gasteiger partial charge in [-0.25, -0.2) is 4.98 Å². The minimum absolute atomic E-state index is 0.0112. The van der Waals surface area contributed by atoms with E-state index < -0.39 is 5.60 Å². The van der Waals surface area contributed by atoms with Crippen molar-refractivity contribution in [2.45, 2.75) is 39.2 Å². The lowest BCUT2D eigenvalue weighted by Crippen LogP contribution is -2.21. The van der Waals surface area contributed by atoms with E-state index in [2.05, 4.69) is 18.8 Å². The van der Waals surface area contributed by atoms with Crippen molar-refractivity contribution >= 4 is 22.4 Å². The van der Waals surface area contributed by atoms with Gasteiger partial charge in [-0.3, -0.25) is 4.79 Å². The van der Waals surface area contributed by atoms with Crippen LogP contribution in [0.1, 0.15) is 39.3 Å². The van der Waals surface area contributed by atoms with E-state index in [1.54, 1.807) is 0 Å². The molecule has 2 atom stereocenters. The highest BCUT2D eigenvalue weighted by molar-refractivity contribution is 7.13. The van der Waals surface area contributed by atoms with Crippen LogP contribution in [0.5, 0.6) is 0 Å². The molecule has 5 heteroatoms. The zero-order chi connectivity index (χ0) is 12.6. The Labute approximate surface area is 105 Å². The van der Waals surface area contributed by atoms with Gasteiger partial charge in [0.2, 0.25) is 0 Å². The zero-order valence-corrected chi connectivity index (χ0v) is 11.2. The Balaban J connectivity index is 2.16. The maximum atomic E-state index is 11.8. The number of ether oxygens (including phenoxy) is 1. The van der Waals surface area contributed by atoms with Crippen molar-refractivity contribution < 1.29 is 9.53 Å². The van der Waals surface area contributed by atoms with Gasteiger partial charge in [-0.05, 0) is 19.3 Å². The number of hydrogen-bond acceptors (Lipinski definition) is 5. The van der Waals surface area contributed by atoms with Crippen LogP contribution in [0.15, 0.2) is 5.38 Å². The van der Waals surface area contributed by atoms with Crippen LogP contribution in [0.3, 0.4) is 0 Å². The van der Waals surface area contributed by atoms with Gasteiger partial charge >= 0.3 is 5.97 Å². The molecule has 0 spiro atoms. The summed E-state index contributed by atoms with van der Waals surface area (Å²) in [6.07, 6.45) is 1.57. The summed E-state index contributed by atoms with van der Waals surface area (Å²) in [5.74, 6) is 0.381. The number of nitrogens with two attached hydrogens (primary N) is 1. The predicted octanol–water partition coefficient (Wildman–Crippen LogP) is 2.55. The molecule has 2 rings (SSSR count). The molecule has 0 unspecified atom stereocenters. The minimum atomic E-state index is -0.592. The second kappa shape index (κ2) is 4.29. The Morgan fingerprint density at radius 2 is 2.41 bits per heavy atom. The molecule has 0 bridgehead atoms. The zero-order valence-electron chi connectivity index (χ0n) is 10.4. The van der Waals surface area contributed by atoms with Gasteiger partial charge in [0.05, 0.1) is 11.6 Å². The summed E-state index contributed by atoms with van der Waals surface area (Å²) in [5, 5.41) is 2.39. The number of anilines is 1. The Bertz CT molecular complexity index is 430. The van der Waals surface area contributed by atoms with Crippen LogP contribution in [0.4, 0.5) is 5.13 Å². The van der Waals surface area contributed by atoms with E-state index in [0.29, 0.717) is 17.5 Å². The number of esters is 1. The van der Waals surface area contributed by atoms with E-state index in [9.17, 15) is 4.79 Å². The van der Waals surface area contributed by atoms with E-state index in [0.717, 1.165) is 12.1 Å². The molecule has 94 valence electrons. The quantitative estimate of drug-likeness (QED) is 0.842. The summed E-state index contributed by atoms with van der Waals surface area (Å²) in [6, 6.07) is 0. The first-order valence-corrected chi connectivity index (χ1v) is 6.73. The van der Waals surface area contributed by atoms with Crippen molar-refractivity contribution in [1.82, 2.24) is 4.98 Å². The molecular formula is C12H18N2O2S. The molecule has 1 saturated heterocycles. The Kier molecular flexibility index (Phi) is 3.12. The molecule has 1 aliphatic heterocycles. The van der Waals surface area contributed by atoms with E-state index >= 15 is 0 Å². The third-order valence-electron chi connectivity index (χ3n) is 3.11. The third kappa shape index (κ3) is 2.44. The summed E-state index contributed by atoms with van der Waals surface area (Å²) >= 11 is 1.38.